The Morgan fingerprint density at radius 1 is 1.04 bits per heavy atom. The molecule has 0 fully saturated rings. The summed E-state index contributed by atoms with van der Waals surface area (Å²) in [6, 6.07) is 7.26. The fraction of sp³-hybridized carbons (Fsp3) is 0.316. The van der Waals surface area contributed by atoms with Crippen LogP contribution < -0.4 is 0 Å². The van der Waals surface area contributed by atoms with Crippen molar-refractivity contribution in [1.82, 2.24) is 4.90 Å². The van der Waals surface area contributed by atoms with Gasteiger partial charge in [0.1, 0.15) is 5.41 Å². The van der Waals surface area contributed by atoms with Gasteiger partial charge >= 0.3 is 0 Å². The lowest BCUT2D eigenvalue weighted by atomic mass is 9.62. The van der Waals surface area contributed by atoms with Crippen LogP contribution in [-0.4, -0.2) is 29.5 Å². The highest BCUT2D eigenvalue weighted by molar-refractivity contribution is 6.18. The van der Waals surface area contributed by atoms with E-state index in [2.05, 4.69) is 0 Å². The lowest BCUT2D eigenvalue weighted by Gasteiger charge is -2.43. The zero-order valence-corrected chi connectivity index (χ0v) is 13.0. The van der Waals surface area contributed by atoms with E-state index >= 15 is 0 Å². The van der Waals surface area contributed by atoms with Crippen molar-refractivity contribution in [3.63, 3.8) is 0 Å². The van der Waals surface area contributed by atoms with Gasteiger partial charge in [0.25, 0.3) is 5.91 Å². The summed E-state index contributed by atoms with van der Waals surface area (Å²) in [5.41, 5.74) is 1.94. The van der Waals surface area contributed by atoms with Crippen LogP contribution in [0.1, 0.15) is 41.6 Å². The average Bonchev–Trinajstić information content (AvgIpc) is 2.60. The molecule has 0 aromatic heterocycles. The normalized spacial score (nSPS) is 26.7. The van der Waals surface area contributed by atoms with Crippen molar-refractivity contribution in [2.24, 2.45) is 0 Å². The summed E-state index contributed by atoms with van der Waals surface area (Å²) in [4.78, 5) is 39.1. The second-order valence-electron chi connectivity index (χ2n) is 6.38. The van der Waals surface area contributed by atoms with Crippen molar-refractivity contribution in [2.45, 2.75) is 31.1 Å². The number of carbonyl (C=O) groups excluding carboxylic acids is 3. The van der Waals surface area contributed by atoms with E-state index in [1.807, 2.05) is 18.2 Å². The Morgan fingerprint density at radius 3 is 2.61 bits per heavy atom. The van der Waals surface area contributed by atoms with E-state index in [9.17, 15) is 14.4 Å². The summed E-state index contributed by atoms with van der Waals surface area (Å²) in [7, 11) is 1.52. The van der Waals surface area contributed by atoms with Gasteiger partial charge in [-0.3, -0.25) is 19.3 Å². The second-order valence-corrected chi connectivity index (χ2v) is 6.38. The molecule has 23 heavy (non-hydrogen) atoms. The monoisotopic (exact) mass is 307 g/mol. The Balaban J connectivity index is 2.06. The number of allylic oxidation sites excluding steroid dienone is 2. The predicted molar refractivity (Wildman–Crippen MR) is 84.9 cm³/mol. The molecule has 1 atom stereocenters. The minimum absolute atomic E-state index is 0.00941. The van der Waals surface area contributed by atoms with E-state index in [0.29, 0.717) is 17.5 Å². The van der Waals surface area contributed by atoms with Crippen LogP contribution in [0.5, 0.6) is 0 Å². The lowest BCUT2D eigenvalue weighted by molar-refractivity contribution is -0.131. The smallest absolute Gasteiger partial charge is 0.260 e. The molecule has 0 N–H and O–H groups in total. The minimum atomic E-state index is -0.983. The standard InChI is InChI=1S/C19H17NO3/c1-20-17(22)13-7-3-5-9-15(13)19(18(20)23)11-10-16(21)12-6-2-4-8-14(12)19/h3,5,7,9-11H,2,4,6,8H2,1H3. The fourth-order valence-electron chi connectivity index (χ4n) is 4.13. The number of carbonyl (C=O) groups is 3. The Bertz CT molecular complexity index is 818. The number of fused-ring (bicyclic) bond motifs is 3. The largest absolute Gasteiger partial charge is 0.290 e. The molecule has 2 aliphatic carbocycles. The first kappa shape index (κ1) is 14.1. The van der Waals surface area contributed by atoms with Gasteiger partial charge in [0, 0.05) is 18.2 Å². The third-order valence-corrected chi connectivity index (χ3v) is 5.25. The van der Waals surface area contributed by atoms with E-state index < -0.39 is 5.41 Å². The maximum Gasteiger partial charge on any atom is 0.260 e. The quantitative estimate of drug-likeness (QED) is 0.692. The van der Waals surface area contributed by atoms with Crippen LogP contribution in [-0.2, 0) is 15.0 Å². The Kier molecular flexibility index (Phi) is 2.92. The van der Waals surface area contributed by atoms with Gasteiger partial charge in [-0.05, 0) is 49.0 Å². The highest BCUT2D eigenvalue weighted by atomic mass is 16.2. The molecule has 1 unspecified atom stereocenters. The Labute approximate surface area is 134 Å². The van der Waals surface area contributed by atoms with Crippen LogP contribution in [0.25, 0.3) is 0 Å². The van der Waals surface area contributed by atoms with Crippen LogP contribution >= 0.6 is 0 Å². The van der Waals surface area contributed by atoms with E-state index in [0.717, 1.165) is 30.4 Å². The fourth-order valence-corrected chi connectivity index (χ4v) is 4.13. The summed E-state index contributed by atoms with van der Waals surface area (Å²) >= 11 is 0. The van der Waals surface area contributed by atoms with Gasteiger partial charge in [-0.15, -0.1) is 0 Å². The molecular weight excluding hydrogens is 290 g/mol. The van der Waals surface area contributed by atoms with Crippen LogP contribution in [0.2, 0.25) is 0 Å². The molecule has 3 aliphatic rings. The van der Waals surface area contributed by atoms with Crippen molar-refractivity contribution in [1.29, 1.82) is 0 Å². The summed E-state index contributed by atoms with van der Waals surface area (Å²) in [5, 5.41) is 0. The number of hydrogen-bond donors (Lipinski definition) is 0. The van der Waals surface area contributed by atoms with Crippen molar-refractivity contribution >= 4 is 17.6 Å². The molecule has 1 aliphatic heterocycles. The van der Waals surface area contributed by atoms with Gasteiger partial charge in [-0.2, -0.15) is 0 Å². The third-order valence-electron chi connectivity index (χ3n) is 5.25. The zero-order chi connectivity index (χ0) is 16.2. The number of imide groups is 1. The van der Waals surface area contributed by atoms with Crippen molar-refractivity contribution in [3.05, 3.63) is 58.7 Å². The molecular formula is C19H17NO3. The first-order valence-electron chi connectivity index (χ1n) is 7.95. The maximum atomic E-state index is 13.1. The van der Waals surface area contributed by atoms with Gasteiger partial charge in [0.15, 0.2) is 5.78 Å². The van der Waals surface area contributed by atoms with E-state index in [-0.39, 0.29) is 17.6 Å². The summed E-state index contributed by atoms with van der Waals surface area (Å²) in [6.07, 6.45) is 6.61. The number of likely N-dealkylation sites (N-methyl/N-ethyl adjacent to an activating group) is 1. The number of hydrogen-bond acceptors (Lipinski definition) is 3. The molecule has 1 spiro atoms. The lowest BCUT2D eigenvalue weighted by Crippen LogP contribution is -2.54. The molecule has 4 rings (SSSR count). The molecule has 1 heterocycles. The van der Waals surface area contributed by atoms with Crippen molar-refractivity contribution < 1.29 is 14.4 Å². The molecule has 4 heteroatoms. The zero-order valence-electron chi connectivity index (χ0n) is 13.0. The molecule has 1 aromatic rings. The van der Waals surface area contributed by atoms with Crippen molar-refractivity contribution in [3.8, 4) is 0 Å². The molecule has 116 valence electrons. The SMILES string of the molecule is CN1C(=O)c2ccccc2C2(C=CC(=O)C3=C2CCCC3)C1=O. The average molecular weight is 307 g/mol. The first-order valence-corrected chi connectivity index (χ1v) is 7.95. The predicted octanol–water partition coefficient (Wildman–Crippen LogP) is 2.55. The summed E-state index contributed by atoms with van der Waals surface area (Å²) < 4.78 is 0. The summed E-state index contributed by atoms with van der Waals surface area (Å²) in [6.45, 7) is 0. The minimum Gasteiger partial charge on any atom is -0.290 e. The van der Waals surface area contributed by atoms with Gasteiger partial charge in [0.2, 0.25) is 5.91 Å². The third kappa shape index (κ3) is 1.69. The highest BCUT2D eigenvalue weighted by Gasteiger charge is 2.52. The Morgan fingerprint density at radius 2 is 1.78 bits per heavy atom. The molecule has 0 saturated heterocycles. The number of amides is 2. The molecule has 1 aromatic carbocycles. The van der Waals surface area contributed by atoms with Gasteiger partial charge in [0.05, 0.1) is 0 Å². The van der Waals surface area contributed by atoms with Gasteiger partial charge in [-0.25, -0.2) is 0 Å². The topological polar surface area (TPSA) is 54.5 Å². The number of benzene rings is 1. The van der Waals surface area contributed by atoms with Crippen LogP contribution in [0.15, 0.2) is 47.6 Å². The molecule has 4 nitrogen and oxygen atoms in total. The van der Waals surface area contributed by atoms with E-state index in [4.69, 9.17) is 0 Å². The molecule has 0 saturated carbocycles. The van der Waals surface area contributed by atoms with Crippen LogP contribution in [0.3, 0.4) is 0 Å². The van der Waals surface area contributed by atoms with Crippen molar-refractivity contribution in [2.75, 3.05) is 7.05 Å². The first-order chi connectivity index (χ1) is 11.1. The van der Waals surface area contributed by atoms with Crippen LogP contribution in [0.4, 0.5) is 0 Å². The molecule has 0 bridgehead atoms. The molecule has 2 amide bonds. The number of rotatable bonds is 0. The van der Waals surface area contributed by atoms with Gasteiger partial charge < -0.3 is 0 Å². The Hall–Kier alpha value is -2.49. The van der Waals surface area contributed by atoms with E-state index in [1.54, 1.807) is 12.1 Å². The molecule has 0 radical (unpaired) electrons. The summed E-state index contributed by atoms with van der Waals surface area (Å²) in [5.74, 6) is -0.519. The maximum absolute atomic E-state index is 13.1. The number of nitrogens with zero attached hydrogens (tertiary/aromatic N) is 1. The van der Waals surface area contributed by atoms with E-state index in [1.165, 1.54) is 18.0 Å². The number of ketones is 1. The highest BCUT2D eigenvalue weighted by Crippen LogP contribution is 2.48. The second kappa shape index (κ2) is 4.75. The van der Waals surface area contributed by atoms with Crippen LogP contribution in [0, 0.1) is 0 Å². The van der Waals surface area contributed by atoms with Gasteiger partial charge in [-0.1, -0.05) is 24.3 Å².